The van der Waals surface area contributed by atoms with Crippen LogP contribution >= 0.6 is 0 Å². The van der Waals surface area contributed by atoms with Gasteiger partial charge in [0.25, 0.3) is 11.6 Å². The number of nitro groups is 1. The molecule has 0 atom stereocenters. The van der Waals surface area contributed by atoms with Crippen molar-refractivity contribution in [2.45, 2.75) is 26.2 Å². The Labute approximate surface area is 140 Å². The molecule has 0 saturated carbocycles. The summed E-state index contributed by atoms with van der Waals surface area (Å²) in [6, 6.07) is 13.3. The van der Waals surface area contributed by atoms with E-state index in [2.05, 4.69) is 31.3 Å². The number of nitrogens with one attached hydrogen (secondary N) is 1. The average Bonchev–Trinajstić information content (AvgIpc) is 2.54. The van der Waals surface area contributed by atoms with E-state index >= 15 is 0 Å². The number of carbonyl (C=O) groups is 1. The summed E-state index contributed by atoms with van der Waals surface area (Å²) in [4.78, 5) is 22.3. The van der Waals surface area contributed by atoms with E-state index < -0.39 is 4.92 Å². The second-order valence-corrected chi connectivity index (χ2v) is 6.38. The van der Waals surface area contributed by atoms with Gasteiger partial charge in [-0.3, -0.25) is 14.9 Å². The van der Waals surface area contributed by atoms with Crippen LogP contribution in [0, 0.1) is 10.1 Å². The zero-order valence-electron chi connectivity index (χ0n) is 13.8. The maximum atomic E-state index is 12.0. The highest BCUT2D eigenvalue weighted by molar-refractivity contribution is 5.95. The van der Waals surface area contributed by atoms with E-state index in [0.29, 0.717) is 11.1 Å². The van der Waals surface area contributed by atoms with Gasteiger partial charge in [0, 0.05) is 23.3 Å². The summed E-state index contributed by atoms with van der Waals surface area (Å²) in [5.41, 5.74) is 4.59. The fourth-order valence-electron chi connectivity index (χ4n) is 2.07. The van der Waals surface area contributed by atoms with Crippen LogP contribution in [0.25, 0.3) is 0 Å². The van der Waals surface area contributed by atoms with Gasteiger partial charge in [-0.05, 0) is 23.1 Å². The molecule has 6 nitrogen and oxygen atoms in total. The Morgan fingerprint density at radius 1 is 1.17 bits per heavy atom. The van der Waals surface area contributed by atoms with Crippen molar-refractivity contribution in [3.05, 3.63) is 75.3 Å². The fraction of sp³-hybridized carbons (Fsp3) is 0.222. The summed E-state index contributed by atoms with van der Waals surface area (Å²) >= 11 is 0. The Hall–Kier alpha value is -3.02. The summed E-state index contributed by atoms with van der Waals surface area (Å²) in [6.45, 7) is 6.31. The SMILES string of the molecule is CC(C)(C)c1ccc(C(=O)N/N=C\c2cccc([N+](=O)[O-])c2)cc1. The van der Waals surface area contributed by atoms with Crippen LogP contribution in [0.5, 0.6) is 0 Å². The Balaban J connectivity index is 2.02. The minimum atomic E-state index is -0.479. The summed E-state index contributed by atoms with van der Waals surface area (Å²) in [5.74, 6) is -0.336. The second kappa shape index (κ2) is 7.04. The van der Waals surface area contributed by atoms with E-state index in [4.69, 9.17) is 0 Å². The van der Waals surface area contributed by atoms with Crippen LogP contribution in [-0.4, -0.2) is 17.0 Å². The van der Waals surface area contributed by atoms with Gasteiger partial charge >= 0.3 is 0 Å². The van der Waals surface area contributed by atoms with Crippen LogP contribution in [0.1, 0.15) is 42.3 Å². The molecule has 0 aliphatic heterocycles. The molecule has 2 aromatic rings. The molecule has 0 spiro atoms. The van der Waals surface area contributed by atoms with Crippen LogP contribution < -0.4 is 5.43 Å². The smallest absolute Gasteiger partial charge is 0.267 e. The summed E-state index contributed by atoms with van der Waals surface area (Å²) in [6.07, 6.45) is 1.37. The van der Waals surface area contributed by atoms with E-state index in [1.54, 1.807) is 24.3 Å². The van der Waals surface area contributed by atoms with Crippen molar-refractivity contribution in [1.82, 2.24) is 5.43 Å². The van der Waals surface area contributed by atoms with Crippen LogP contribution in [0.4, 0.5) is 5.69 Å². The van der Waals surface area contributed by atoms with Gasteiger partial charge in [0.1, 0.15) is 0 Å². The summed E-state index contributed by atoms with van der Waals surface area (Å²) < 4.78 is 0. The number of amides is 1. The lowest BCUT2D eigenvalue weighted by Crippen LogP contribution is -2.18. The van der Waals surface area contributed by atoms with Gasteiger partial charge in [0.2, 0.25) is 0 Å². The predicted molar refractivity (Wildman–Crippen MR) is 93.3 cm³/mol. The van der Waals surface area contributed by atoms with Crippen molar-refractivity contribution in [2.24, 2.45) is 5.10 Å². The molecule has 0 aliphatic carbocycles. The van der Waals surface area contributed by atoms with Crippen LogP contribution in [0.2, 0.25) is 0 Å². The van der Waals surface area contributed by atoms with Gasteiger partial charge in [-0.2, -0.15) is 5.10 Å². The molecular weight excluding hydrogens is 306 g/mol. The van der Waals surface area contributed by atoms with Crippen LogP contribution in [-0.2, 0) is 5.41 Å². The molecule has 0 radical (unpaired) electrons. The third-order valence-electron chi connectivity index (χ3n) is 3.47. The summed E-state index contributed by atoms with van der Waals surface area (Å²) in [7, 11) is 0. The normalized spacial score (nSPS) is 11.5. The topological polar surface area (TPSA) is 84.6 Å². The number of hydrogen-bond acceptors (Lipinski definition) is 4. The number of rotatable bonds is 4. The Bertz CT molecular complexity index is 775. The third kappa shape index (κ3) is 4.49. The van der Waals surface area contributed by atoms with Gasteiger partial charge in [-0.1, -0.05) is 45.0 Å². The molecule has 0 aromatic heterocycles. The first-order chi connectivity index (χ1) is 11.3. The van der Waals surface area contributed by atoms with Crippen molar-refractivity contribution in [3.63, 3.8) is 0 Å². The van der Waals surface area contributed by atoms with Gasteiger partial charge in [-0.15, -0.1) is 0 Å². The molecule has 0 aliphatic rings. The average molecular weight is 325 g/mol. The number of carbonyl (C=O) groups excluding carboxylic acids is 1. The van der Waals surface area contributed by atoms with Crippen LogP contribution in [0.15, 0.2) is 53.6 Å². The quantitative estimate of drug-likeness (QED) is 0.529. The molecule has 0 heterocycles. The zero-order valence-corrected chi connectivity index (χ0v) is 13.8. The van der Waals surface area contributed by atoms with Crippen molar-refractivity contribution in [1.29, 1.82) is 0 Å². The first-order valence-corrected chi connectivity index (χ1v) is 7.46. The Morgan fingerprint density at radius 2 is 1.83 bits per heavy atom. The van der Waals surface area contributed by atoms with Crippen molar-refractivity contribution < 1.29 is 9.72 Å². The lowest BCUT2D eigenvalue weighted by molar-refractivity contribution is -0.384. The Morgan fingerprint density at radius 3 is 2.42 bits per heavy atom. The van der Waals surface area contributed by atoms with E-state index in [1.807, 2.05) is 12.1 Å². The van der Waals surface area contributed by atoms with E-state index in [-0.39, 0.29) is 17.0 Å². The Kier molecular flexibility index (Phi) is 5.08. The first kappa shape index (κ1) is 17.3. The molecule has 24 heavy (non-hydrogen) atoms. The third-order valence-corrected chi connectivity index (χ3v) is 3.47. The monoisotopic (exact) mass is 325 g/mol. The van der Waals surface area contributed by atoms with Gasteiger partial charge in [-0.25, -0.2) is 5.43 Å². The fourth-order valence-corrected chi connectivity index (χ4v) is 2.07. The maximum absolute atomic E-state index is 12.0. The lowest BCUT2D eigenvalue weighted by Gasteiger charge is -2.18. The second-order valence-electron chi connectivity index (χ2n) is 6.38. The molecule has 0 saturated heterocycles. The van der Waals surface area contributed by atoms with E-state index in [9.17, 15) is 14.9 Å². The minimum Gasteiger partial charge on any atom is -0.267 e. The highest BCUT2D eigenvalue weighted by atomic mass is 16.6. The van der Waals surface area contributed by atoms with Crippen LogP contribution in [0.3, 0.4) is 0 Å². The molecule has 124 valence electrons. The zero-order chi connectivity index (χ0) is 17.7. The van der Waals surface area contributed by atoms with Gasteiger partial charge in [0.15, 0.2) is 0 Å². The molecule has 0 unspecified atom stereocenters. The number of hydrogen-bond donors (Lipinski definition) is 1. The molecule has 2 rings (SSSR count). The number of nitro benzene ring substituents is 1. The number of non-ortho nitro benzene ring substituents is 1. The predicted octanol–water partition coefficient (Wildman–Crippen LogP) is 3.66. The van der Waals surface area contributed by atoms with E-state index in [1.165, 1.54) is 18.3 Å². The minimum absolute atomic E-state index is 0.0230. The van der Waals surface area contributed by atoms with Gasteiger partial charge < -0.3 is 0 Å². The summed E-state index contributed by atoms with van der Waals surface area (Å²) in [5, 5.41) is 14.6. The van der Waals surface area contributed by atoms with Crippen molar-refractivity contribution in [2.75, 3.05) is 0 Å². The number of nitrogens with zero attached hydrogens (tertiary/aromatic N) is 2. The number of hydrazone groups is 1. The van der Waals surface area contributed by atoms with Crippen molar-refractivity contribution in [3.8, 4) is 0 Å². The molecular formula is C18H19N3O3. The van der Waals surface area contributed by atoms with Crippen molar-refractivity contribution >= 4 is 17.8 Å². The number of benzene rings is 2. The molecule has 1 N–H and O–H groups in total. The molecule has 1 amide bonds. The maximum Gasteiger partial charge on any atom is 0.271 e. The highest BCUT2D eigenvalue weighted by Crippen LogP contribution is 2.22. The lowest BCUT2D eigenvalue weighted by atomic mass is 9.87. The highest BCUT2D eigenvalue weighted by Gasteiger charge is 2.14. The first-order valence-electron chi connectivity index (χ1n) is 7.46. The standard InChI is InChI=1S/C18H19N3O3/c1-18(2,3)15-9-7-14(8-10-15)17(22)20-19-12-13-5-4-6-16(11-13)21(23)24/h4-12H,1-3H3,(H,20,22)/b19-12-. The van der Waals surface area contributed by atoms with E-state index in [0.717, 1.165) is 5.56 Å². The molecule has 6 heteroatoms. The molecule has 2 aromatic carbocycles. The van der Waals surface area contributed by atoms with Gasteiger partial charge in [0.05, 0.1) is 11.1 Å². The largest absolute Gasteiger partial charge is 0.271 e. The molecule has 0 bridgehead atoms. The molecule has 0 fully saturated rings.